The minimum atomic E-state index is -4.98. The molecule has 3 aliphatic rings. The lowest BCUT2D eigenvalue weighted by atomic mass is 9.91. The number of carbonyl (C=O) groups is 3. The van der Waals surface area contributed by atoms with Gasteiger partial charge in [0.1, 0.15) is 18.2 Å². The highest BCUT2D eigenvalue weighted by atomic mass is 32.1. The molecule has 0 bridgehead atoms. The number of nitrogens with one attached hydrogen (secondary N) is 1. The van der Waals surface area contributed by atoms with E-state index in [2.05, 4.69) is 16.5 Å². The number of aromatic nitrogens is 2. The fourth-order valence-electron chi connectivity index (χ4n) is 6.44. The number of nitrogens with zero attached hydrogens (tertiary/aromatic N) is 5. The Bertz CT molecular complexity index is 1710. The van der Waals surface area contributed by atoms with Crippen LogP contribution in [0.4, 0.5) is 4.39 Å². The first-order chi connectivity index (χ1) is 20.4. The molecule has 3 fully saturated rings. The Balaban J connectivity index is 1.14. The zero-order valence-electron chi connectivity index (χ0n) is 23.2. The van der Waals surface area contributed by atoms with Crippen molar-refractivity contribution < 1.29 is 33.1 Å². The predicted molar refractivity (Wildman–Crippen MR) is 154 cm³/mol. The average molecular weight is 629 g/mol. The highest BCUT2D eigenvalue weighted by Gasteiger charge is 2.48. The van der Waals surface area contributed by atoms with E-state index >= 15 is 0 Å². The average Bonchev–Trinajstić information content (AvgIpc) is 3.63. The minimum Gasteiger partial charge on any atom is -0.340 e. The molecule has 6 rings (SSSR count). The maximum atomic E-state index is 14.2. The normalized spacial score (nSPS) is 23.4. The van der Waals surface area contributed by atoms with E-state index in [1.807, 2.05) is 0 Å². The van der Waals surface area contributed by atoms with Gasteiger partial charge in [0.2, 0.25) is 17.7 Å². The molecule has 15 heteroatoms. The standard InChI is InChI=1S/C28H30FN6O6PS/c1-33-14-19(21(11-30)32-33)17-12-34(13-17)28(38)22-7-6-18-3-2-4-20(27(37)35(18)22)31-26(36)24-10-16-9-15(5-8-23(16)43-24)25(29)42(39,40)41/h5,8-10,14,17-18,20,22,25H,2-4,6-7,12-13H2,1H3,(H,31,36)(H2,39,40,41)/t18-,20-,22-,25?/m0/s1. The molecule has 3 aromatic rings. The Kier molecular flexibility index (Phi) is 7.62. The van der Waals surface area contributed by atoms with Crippen LogP contribution in [0.3, 0.4) is 0 Å². The van der Waals surface area contributed by atoms with Crippen molar-refractivity contribution >= 4 is 46.7 Å². The topological polar surface area (TPSA) is 169 Å². The van der Waals surface area contributed by atoms with Crippen LogP contribution in [0.15, 0.2) is 30.5 Å². The van der Waals surface area contributed by atoms with Crippen LogP contribution in [-0.4, -0.2) is 78.3 Å². The molecule has 226 valence electrons. The number of fused-ring (bicyclic) bond motifs is 2. The number of hydrogen-bond donors (Lipinski definition) is 3. The van der Waals surface area contributed by atoms with Crippen molar-refractivity contribution in [3.8, 4) is 6.07 Å². The third-order valence-electron chi connectivity index (χ3n) is 8.61. The summed E-state index contributed by atoms with van der Waals surface area (Å²) in [6.45, 7) is 0.904. The van der Waals surface area contributed by atoms with Crippen molar-refractivity contribution in [1.82, 2.24) is 24.9 Å². The molecule has 0 saturated carbocycles. The van der Waals surface area contributed by atoms with Crippen LogP contribution < -0.4 is 5.32 Å². The maximum absolute atomic E-state index is 14.2. The Labute approximate surface area is 250 Å². The number of hydrogen-bond acceptors (Lipinski definition) is 7. The smallest absolute Gasteiger partial charge is 0.340 e. The number of alkyl halides is 1. The number of likely N-dealkylation sites (tertiary alicyclic amines) is 1. The number of rotatable bonds is 6. The van der Waals surface area contributed by atoms with Crippen molar-refractivity contribution in [1.29, 1.82) is 5.26 Å². The van der Waals surface area contributed by atoms with Crippen LogP contribution in [0.2, 0.25) is 0 Å². The molecule has 12 nitrogen and oxygen atoms in total. The van der Waals surface area contributed by atoms with Crippen LogP contribution in [0.5, 0.6) is 0 Å². The van der Waals surface area contributed by atoms with E-state index in [-0.39, 0.29) is 34.2 Å². The van der Waals surface area contributed by atoms with Crippen molar-refractivity contribution in [3.63, 3.8) is 0 Å². The maximum Gasteiger partial charge on any atom is 0.363 e. The lowest BCUT2D eigenvalue weighted by molar-refractivity contribution is -0.148. The lowest BCUT2D eigenvalue weighted by Crippen LogP contribution is -2.58. The van der Waals surface area contributed by atoms with Gasteiger partial charge in [0.15, 0.2) is 5.69 Å². The summed E-state index contributed by atoms with van der Waals surface area (Å²) in [6, 6.07) is 6.22. The number of thiophene rings is 1. The molecule has 2 aromatic heterocycles. The van der Waals surface area contributed by atoms with Crippen LogP contribution in [-0.2, 0) is 21.2 Å². The highest BCUT2D eigenvalue weighted by Crippen LogP contribution is 2.53. The van der Waals surface area contributed by atoms with E-state index in [1.54, 1.807) is 27.7 Å². The highest BCUT2D eigenvalue weighted by molar-refractivity contribution is 7.51. The number of nitriles is 1. The number of carbonyl (C=O) groups excluding carboxylic acids is 3. The SMILES string of the molecule is Cn1cc(C2CN(C(=O)[C@@H]3CC[C@@H]4CCC[C@H](NC(=O)c5cc6cc(C(F)P(=O)(O)O)ccc6s5)C(=O)N43)C2)c(C#N)n1. The van der Waals surface area contributed by atoms with Gasteiger partial charge >= 0.3 is 7.60 Å². The predicted octanol–water partition coefficient (Wildman–Crippen LogP) is 2.92. The van der Waals surface area contributed by atoms with E-state index in [1.165, 1.54) is 24.3 Å². The van der Waals surface area contributed by atoms with Gasteiger partial charge < -0.3 is 24.9 Å². The van der Waals surface area contributed by atoms with Crippen LogP contribution in [0.25, 0.3) is 10.1 Å². The second kappa shape index (κ2) is 11.1. The van der Waals surface area contributed by atoms with Gasteiger partial charge in [-0.3, -0.25) is 23.6 Å². The molecule has 1 unspecified atom stereocenters. The lowest BCUT2D eigenvalue weighted by Gasteiger charge is -2.42. The fourth-order valence-corrected chi connectivity index (χ4v) is 7.94. The molecule has 0 aliphatic carbocycles. The van der Waals surface area contributed by atoms with Gasteiger partial charge in [0, 0.05) is 48.6 Å². The fraction of sp³-hybridized carbons (Fsp3) is 0.464. The summed E-state index contributed by atoms with van der Waals surface area (Å²) < 4.78 is 27.8. The summed E-state index contributed by atoms with van der Waals surface area (Å²) in [5, 5.41) is 16.8. The molecule has 3 amide bonds. The van der Waals surface area contributed by atoms with E-state index in [0.29, 0.717) is 54.6 Å². The second-order valence-electron chi connectivity index (χ2n) is 11.4. The molecule has 1 aromatic carbocycles. The van der Waals surface area contributed by atoms with Crippen molar-refractivity contribution in [3.05, 3.63) is 52.2 Å². The Morgan fingerprint density at radius 3 is 2.70 bits per heavy atom. The van der Waals surface area contributed by atoms with E-state index in [4.69, 9.17) is 0 Å². The summed E-state index contributed by atoms with van der Waals surface area (Å²) in [7, 11) is -3.23. The molecular weight excluding hydrogens is 598 g/mol. The molecular formula is C28H30FN6O6PS. The van der Waals surface area contributed by atoms with Crippen LogP contribution in [0, 0.1) is 11.3 Å². The van der Waals surface area contributed by atoms with E-state index < -0.39 is 31.5 Å². The third-order valence-corrected chi connectivity index (χ3v) is 10.6. The molecule has 3 N–H and O–H groups in total. The van der Waals surface area contributed by atoms with Gasteiger partial charge in [0.05, 0.1) is 4.88 Å². The second-order valence-corrected chi connectivity index (χ2v) is 14.2. The third kappa shape index (κ3) is 5.47. The Morgan fingerprint density at radius 1 is 1.21 bits per heavy atom. The van der Waals surface area contributed by atoms with Crippen LogP contribution in [0.1, 0.15) is 70.4 Å². The molecule has 0 radical (unpaired) electrons. The monoisotopic (exact) mass is 628 g/mol. The Morgan fingerprint density at radius 2 is 1.98 bits per heavy atom. The summed E-state index contributed by atoms with van der Waals surface area (Å²) in [5.74, 6) is -3.34. The Hall–Kier alpha value is -3.63. The van der Waals surface area contributed by atoms with Gasteiger partial charge in [-0.25, -0.2) is 4.39 Å². The number of aryl methyl sites for hydroxylation is 1. The molecule has 3 aliphatic heterocycles. The largest absolute Gasteiger partial charge is 0.363 e. The molecule has 4 atom stereocenters. The van der Waals surface area contributed by atoms with Crippen molar-refractivity contribution in [2.45, 2.75) is 62.1 Å². The van der Waals surface area contributed by atoms with Crippen molar-refractivity contribution in [2.75, 3.05) is 13.1 Å². The van der Waals surface area contributed by atoms with Gasteiger partial charge in [-0.1, -0.05) is 6.07 Å². The zero-order valence-corrected chi connectivity index (χ0v) is 24.9. The summed E-state index contributed by atoms with van der Waals surface area (Å²) in [5.41, 5.74) is 0.990. The van der Waals surface area contributed by atoms with Crippen LogP contribution >= 0.6 is 18.9 Å². The molecule has 0 spiro atoms. The summed E-state index contributed by atoms with van der Waals surface area (Å²) >= 11 is 1.13. The van der Waals surface area contributed by atoms with Gasteiger partial charge in [-0.2, -0.15) is 10.4 Å². The molecule has 5 heterocycles. The van der Waals surface area contributed by atoms with Gasteiger partial charge in [-0.05, 0) is 61.3 Å². The zero-order chi connectivity index (χ0) is 30.6. The summed E-state index contributed by atoms with van der Waals surface area (Å²) in [4.78, 5) is 62.6. The van der Waals surface area contributed by atoms with Gasteiger partial charge in [-0.15, -0.1) is 11.3 Å². The first kappa shape index (κ1) is 29.4. The molecule has 43 heavy (non-hydrogen) atoms. The number of benzene rings is 1. The molecule has 3 saturated heterocycles. The first-order valence-corrected chi connectivity index (χ1v) is 16.5. The number of halogens is 1. The van der Waals surface area contributed by atoms with E-state index in [0.717, 1.165) is 23.3 Å². The first-order valence-electron chi connectivity index (χ1n) is 14.0. The minimum absolute atomic E-state index is 0.0151. The summed E-state index contributed by atoms with van der Waals surface area (Å²) in [6.07, 6.45) is 4.95. The number of amides is 3. The van der Waals surface area contributed by atoms with E-state index in [9.17, 15) is 38.4 Å². The quantitative estimate of drug-likeness (QED) is 0.350. The van der Waals surface area contributed by atoms with Gasteiger partial charge in [0.25, 0.3) is 5.91 Å². The van der Waals surface area contributed by atoms with Crippen molar-refractivity contribution in [2.24, 2.45) is 7.05 Å².